The second-order valence-electron chi connectivity index (χ2n) is 10.1. The minimum atomic E-state index is 0.815. The number of rotatable bonds is 7. The molecule has 6 aromatic heterocycles. The third-order valence-corrected chi connectivity index (χ3v) is 7.55. The van der Waals surface area contributed by atoms with Crippen LogP contribution in [0, 0.1) is 5.92 Å². The highest BCUT2D eigenvalue weighted by molar-refractivity contribution is 6.00. The molecule has 0 saturated heterocycles. The summed E-state index contributed by atoms with van der Waals surface area (Å²) in [5, 5.41) is 13.5. The molecule has 8 heteroatoms. The fourth-order valence-electron chi connectivity index (χ4n) is 5.57. The third kappa shape index (κ3) is 4.33. The molecule has 7 rings (SSSR count). The van der Waals surface area contributed by atoms with Gasteiger partial charge in [0.2, 0.25) is 0 Å². The summed E-state index contributed by atoms with van der Waals surface area (Å²) in [7, 11) is 0. The van der Waals surface area contributed by atoms with Crippen molar-refractivity contribution in [2.75, 3.05) is 6.54 Å². The van der Waals surface area contributed by atoms with Gasteiger partial charge in [0, 0.05) is 65.0 Å². The van der Waals surface area contributed by atoms with E-state index in [9.17, 15) is 0 Å². The molecular weight excluding hydrogens is 472 g/mol. The van der Waals surface area contributed by atoms with Gasteiger partial charge in [-0.15, -0.1) is 0 Å². The second kappa shape index (κ2) is 9.79. The zero-order chi connectivity index (χ0) is 25.3. The van der Waals surface area contributed by atoms with Crippen LogP contribution in [0.5, 0.6) is 0 Å². The Morgan fingerprint density at radius 2 is 1.74 bits per heavy atom. The van der Waals surface area contributed by atoms with Gasteiger partial charge in [-0.2, -0.15) is 5.10 Å². The van der Waals surface area contributed by atoms with E-state index in [1.165, 1.54) is 31.2 Å². The molecule has 0 aromatic carbocycles. The van der Waals surface area contributed by atoms with E-state index in [-0.39, 0.29) is 0 Å². The Kier molecular flexibility index (Phi) is 5.86. The SMILES string of the molecule is c1cncc(-c2cncc3[nH]c(-c4n[nH]c5cnc(-c6cncc(CNCC7CCCC7)c6)cc45)cc23)c1. The number of hydrogen-bond donors (Lipinski definition) is 3. The summed E-state index contributed by atoms with van der Waals surface area (Å²) < 4.78 is 0. The first-order valence-electron chi connectivity index (χ1n) is 13.2. The molecule has 0 amide bonds. The van der Waals surface area contributed by atoms with Crippen molar-refractivity contribution < 1.29 is 0 Å². The summed E-state index contributed by atoms with van der Waals surface area (Å²) in [6.45, 7) is 1.90. The number of pyridine rings is 4. The minimum absolute atomic E-state index is 0.815. The molecule has 6 aromatic rings. The Labute approximate surface area is 220 Å². The predicted molar refractivity (Wildman–Crippen MR) is 149 cm³/mol. The Morgan fingerprint density at radius 3 is 2.63 bits per heavy atom. The normalized spacial score (nSPS) is 14.1. The van der Waals surface area contributed by atoms with Gasteiger partial charge in [0.1, 0.15) is 5.69 Å². The van der Waals surface area contributed by atoms with Crippen molar-refractivity contribution in [1.29, 1.82) is 0 Å². The van der Waals surface area contributed by atoms with Crippen molar-refractivity contribution in [3.63, 3.8) is 0 Å². The van der Waals surface area contributed by atoms with Crippen LogP contribution in [0.1, 0.15) is 31.2 Å². The number of H-pyrrole nitrogens is 2. The molecule has 0 unspecified atom stereocenters. The predicted octanol–water partition coefficient (Wildman–Crippen LogP) is 5.91. The van der Waals surface area contributed by atoms with Gasteiger partial charge in [0.25, 0.3) is 0 Å². The lowest BCUT2D eigenvalue weighted by atomic mass is 10.1. The highest BCUT2D eigenvalue weighted by Crippen LogP contribution is 2.34. The maximum absolute atomic E-state index is 4.71. The first-order chi connectivity index (χ1) is 18.8. The number of aromatic amines is 2. The van der Waals surface area contributed by atoms with Crippen molar-refractivity contribution in [2.24, 2.45) is 5.92 Å². The van der Waals surface area contributed by atoms with Crippen LogP contribution < -0.4 is 5.32 Å². The van der Waals surface area contributed by atoms with E-state index in [1.807, 2.05) is 49.3 Å². The van der Waals surface area contributed by atoms with Crippen molar-refractivity contribution in [3.8, 4) is 33.8 Å². The minimum Gasteiger partial charge on any atom is -0.352 e. The molecule has 0 radical (unpaired) electrons. The fourth-order valence-corrected chi connectivity index (χ4v) is 5.57. The maximum atomic E-state index is 4.71. The van der Waals surface area contributed by atoms with Gasteiger partial charge in [-0.05, 0) is 55.1 Å². The molecule has 1 aliphatic rings. The van der Waals surface area contributed by atoms with Gasteiger partial charge < -0.3 is 10.3 Å². The van der Waals surface area contributed by atoms with E-state index in [1.54, 1.807) is 6.20 Å². The van der Waals surface area contributed by atoms with Crippen LogP contribution >= 0.6 is 0 Å². The van der Waals surface area contributed by atoms with Crippen molar-refractivity contribution in [2.45, 2.75) is 32.2 Å². The van der Waals surface area contributed by atoms with Crippen molar-refractivity contribution in [3.05, 3.63) is 79.3 Å². The largest absolute Gasteiger partial charge is 0.352 e. The Balaban J connectivity index is 1.20. The molecule has 0 spiro atoms. The zero-order valence-corrected chi connectivity index (χ0v) is 21.0. The summed E-state index contributed by atoms with van der Waals surface area (Å²) in [6.07, 6.45) is 18.5. The molecule has 0 atom stereocenters. The average molecular weight is 501 g/mol. The summed E-state index contributed by atoms with van der Waals surface area (Å²) in [4.78, 5) is 21.4. The van der Waals surface area contributed by atoms with E-state index in [0.29, 0.717) is 0 Å². The number of nitrogens with zero attached hydrogens (tertiary/aromatic N) is 5. The zero-order valence-electron chi connectivity index (χ0n) is 21.0. The Morgan fingerprint density at radius 1 is 0.842 bits per heavy atom. The smallest absolute Gasteiger partial charge is 0.116 e. The molecule has 8 nitrogen and oxygen atoms in total. The van der Waals surface area contributed by atoms with E-state index >= 15 is 0 Å². The van der Waals surface area contributed by atoms with Crippen LogP contribution in [0.4, 0.5) is 0 Å². The standard InChI is InChI=1S/C30H28N8/c1-2-5-19(4-1)11-32-12-20-8-22(15-33-13-20)26-10-24-29(18-35-26)37-38-30(24)27-9-23-25(16-34-17-28(23)36-27)21-6-3-7-31-14-21/h3,6-10,13-19,32,36H,1-2,4-5,11-12H2,(H,37,38). The fraction of sp³-hybridized carbons (Fsp3) is 0.233. The van der Waals surface area contributed by atoms with Crippen LogP contribution in [0.15, 0.2) is 73.7 Å². The number of fused-ring (bicyclic) bond motifs is 2. The molecule has 1 saturated carbocycles. The van der Waals surface area contributed by atoms with Gasteiger partial charge in [-0.25, -0.2) is 0 Å². The van der Waals surface area contributed by atoms with E-state index < -0.39 is 0 Å². The number of hydrogen-bond acceptors (Lipinski definition) is 6. The summed E-state index contributed by atoms with van der Waals surface area (Å²) in [5.41, 5.74) is 8.70. The maximum Gasteiger partial charge on any atom is 0.116 e. The third-order valence-electron chi connectivity index (χ3n) is 7.55. The van der Waals surface area contributed by atoms with E-state index in [2.05, 4.69) is 53.6 Å². The van der Waals surface area contributed by atoms with Gasteiger partial charge in [-0.1, -0.05) is 18.9 Å². The van der Waals surface area contributed by atoms with Crippen molar-refractivity contribution >= 4 is 21.8 Å². The Bertz CT molecular complexity index is 1710. The number of nitrogens with one attached hydrogen (secondary N) is 3. The molecule has 1 aliphatic carbocycles. The average Bonchev–Trinajstić information content (AvgIpc) is 3.73. The lowest BCUT2D eigenvalue weighted by Gasteiger charge is -2.11. The first-order valence-corrected chi connectivity index (χ1v) is 13.2. The van der Waals surface area contributed by atoms with Gasteiger partial charge in [-0.3, -0.25) is 25.0 Å². The molecule has 1 fully saturated rings. The van der Waals surface area contributed by atoms with Crippen molar-refractivity contribution in [1.82, 2.24) is 40.4 Å². The van der Waals surface area contributed by atoms with Gasteiger partial charge in [0.15, 0.2) is 0 Å². The highest BCUT2D eigenvalue weighted by atomic mass is 15.1. The lowest BCUT2D eigenvalue weighted by Crippen LogP contribution is -2.20. The monoisotopic (exact) mass is 500 g/mol. The van der Waals surface area contributed by atoms with Crippen LogP contribution in [-0.2, 0) is 6.54 Å². The summed E-state index contributed by atoms with van der Waals surface area (Å²) >= 11 is 0. The molecule has 3 N–H and O–H groups in total. The summed E-state index contributed by atoms with van der Waals surface area (Å²) in [6, 6.07) is 10.4. The van der Waals surface area contributed by atoms with Gasteiger partial charge in [0.05, 0.1) is 34.8 Å². The first kappa shape index (κ1) is 22.7. The Hall–Kier alpha value is -4.43. The molecule has 188 valence electrons. The molecular formula is C30H28N8. The molecule has 0 bridgehead atoms. The van der Waals surface area contributed by atoms with Crippen LogP contribution in [0.2, 0.25) is 0 Å². The molecule has 6 heterocycles. The van der Waals surface area contributed by atoms with Crippen LogP contribution in [0.25, 0.3) is 55.6 Å². The van der Waals surface area contributed by atoms with E-state index in [4.69, 9.17) is 4.98 Å². The molecule has 38 heavy (non-hydrogen) atoms. The highest BCUT2D eigenvalue weighted by Gasteiger charge is 2.16. The van der Waals surface area contributed by atoms with E-state index in [0.717, 1.165) is 74.6 Å². The van der Waals surface area contributed by atoms with Gasteiger partial charge >= 0.3 is 0 Å². The topological polar surface area (TPSA) is 108 Å². The second-order valence-corrected chi connectivity index (χ2v) is 10.1. The van der Waals surface area contributed by atoms with Crippen LogP contribution in [-0.4, -0.2) is 41.7 Å². The number of aromatic nitrogens is 7. The lowest BCUT2D eigenvalue weighted by molar-refractivity contribution is 0.489. The summed E-state index contributed by atoms with van der Waals surface area (Å²) in [5.74, 6) is 0.815. The van der Waals surface area contributed by atoms with Crippen LogP contribution in [0.3, 0.4) is 0 Å². The molecule has 0 aliphatic heterocycles. The quantitative estimate of drug-likeness (QED) is 0.252.